The quantitative estimate of drug-likeness (QED) is 0.773. The number of aromatic nitrogens is 1. The number of nitrogens with zero attached hydrogens (tertiary/aromatic N) is 1. The third-order valence-corrected chi connectivity index (χ3v) is 2.02. The lowest BCUT2D eigenvalue weighted by Crippen LogP contribution is -2.01. The van der Waals surface area contributed by atoms with E-state index >= 15 is 0 Å². The molecule has 0 aliphatic heterocycles. The van der Waals surface area contributed by atoms with Gasteiger partial charge in [0, 0.05) is 5.69 Å². The molecule has 2 nitrogen and oxygen atoms in total. The van der Waals surface area contributed by atoms with Crippen LogP contribution in [0.1, 0.15) is 42.8 Å². The third-order valence-electron chi connectivity index (χ3n) is 2.02. The lowest BCUT2D eigenvalue weighted by atomic mass is 10.1. The Labute approximate surface area is 79.6 Å². The van der Waals surface area contributed by atoms with Crippen LogP contribution < -0.4 is 0 Å². The Balaban J connectivity index is 2.87. The lowest BCUT2D eigenvalue weighted by molar-refractivity contribution is 0.161. The Kier molecular flexibility index (Phi) is 3.43. The van der Waals surface area contributed by atoms with Gasteiger partial charge in [0.25, 0.3) is 0 Å². The Bertz CT molecular complexity index is 263. The summed E-state index contributed by atoms with van der Waals surface area (Å²) in [5.74, 6) is 0. The summed E-state index contributed by atoms with van der Waals surface area (Å²) in [7, 11) is 0. The van der Waals surface area contributed by atoms with E-state index in [2.05, 4.69) is 11.9 Å². The highest BCUT2D eigenvalue weighted by Crippen LogP contribution is 2.17. The first kappa shape index (κ1) is 10.2. The Morgan fingerprint density at radius 2 is 2.08 bits per heavy atom. The van der Waals surface area contributed by atoms with Crippen LogP contribution in [0.2, 0.25) is 0 Å². The highest BCUT2D eigenvalue weighted by molar-refractivity contribution is 5.20. The van der Waals surface area contributed by atoms with Crippen LogP contribution in [0.15, 0.2) is 12.1 Å². The molecule has 0 radical (unpaired) electrons. The van der Waals surface area contributed by atoms with Crippen LogP contribution in [0.5, 0.6) is 0 Å². The number of pyridine rings is 1. The van der Waals surface area contributed by atoms with Gasteiger partial charge < -0.3 is 5.11 Å². The van der Waals surface area contributed by atoms with E-state index in [-0.39, 0.29) is 0 Å². The predicted octanol–water partition coefficient (Wildman–Crippen LogP) is 2.53. The Hall–Kier alpha value is -0.890. The molecule has 0 saturated carbocycles. The highest BCUT2D eigenvalue weighted by Gasteiger charge is 2.08. The van der Waals surface area contributed by atoms with Crippen molar-refractivity contribution in [1.82, 2.24) is 4.98 Å². The zero-order valence-electron chi connectivity index (χ0n) is 8.54. The molecule has 1 heterocycles. The Morgan fingerprint density at radius 3 is 2.62 bits per heavy atom. The molecule has 0 aliphatic carbocycles. The molecule has 0 aliphatic rings. The van der Waals surface area contributed by atoms with E-state index in [1.165, 1.54) is 0 Å². The summed E-state index contributed by atoms with van der Waals surface area (Å²) in [6.07, 6.45) is 1.37. The van der Waals surface area contributed by atoms with Crippen LogP contribution in [-0.4, -0.2) is 10.1 Å². The minimum atomic E-state index is -0.399. The van der Waals surface area contributed by atoms with Gasteiger partial charge in [0.05, 0.1) is 11.8 Å². The summed E-state index contributed by atoms with van der Waals surface area (Å²) in [6, 6.07) is 3.97. The monoisotopic (exact) mass is 179 g/mol. The minimum Gasteiger partial charge on any atom is -0.387 e. The molecule has 0 fully saturated rings. The van der Waals surface area contributed by atoms with E-state index < -0.39 is 6.10 Å². The van der Waals surface area contributed by atoms with Crippen molar-refractivity contribution in [3.8, 4) is 0 Å². The molecule has 2 heteroatoms. The molecular weight excluding hydrogens is 162 g/mol. The molecular formula is C11H17NO. The number of aliphatic hydroxyl groups excluding tert-OH is 1. The largest absolute Gasteiger partial charge is 0.387 e. The molecule has 1 aromatic rings. The van der Waals surface area contributed by atoms with E-state index in [1.807, 2.05) is 26.0 Å². The van der Waals surface area contributed by atoms with Crippen molar-refractivity contribution in [2.24, 2.45) is 0 Å². The van der Waals surface area contributed by atoms with Gasteiger partial charge in [-0.05, 0) is 38.0 Å². The molecule has 1 aromatic heterocycles. The number of hydrogen-bond acceptors (Lipinski definition) is 2. The molecule has 13 heavy (non-hydrogen) atoms. The summed E-state index contributed by atoms with van der Waals surface area (Å²) < 4.78 is 0. The first-order chi connectivity index (χ1) is 6.13. The molecule has 1 N–H and O–H groups in total. The first-order valence-corrected chi connectivity index (χ1v) is 4.76. The maximum Gasteiger partial charge on any atom is 0.0959 e. The van der Waals surface area contributed by atoms with E-state index in [4.69, 9.17) is 0 Å². The van der Waals surface area contributed by atoms with Crippen LogP contribution in [0.3, 0.4) is 0 Å². The van der Waals surface area contributed by atoms with E-state index in [0.717, 1.165) is 29.8 Å². The first-order valence-electron chi connectivity index (χ1n) is 4.76. The topological polar surface area (TPSA) is 33.1 Å². The van der Waals surface area contributed by atoms with Crippen molar-refractivity contribution < 1.29 is 5.11 Å². The second kappa shape index (κ2) is 4.38. The summed E-state index contributed by atoms with van der Waals surface area (Å²) in [5.41, 5.74) is 2.95. The molecule has 0 amide bonds. The van der Waals surface area contributed by atoms with E-state index in [1.54, 1.807) is 0 Å². The number of aliphatic hydroxyl groups is 1. The molecule has 72 valence electrons. The maximum absolute atomic E-state index is 9.71. The lowest BCUT2D eigenvalue weighted by Gasteiger charge is -2.10. The van der Waals surface area contributed by atoms with Crippen LogP contribution in [-0.2, 0) is 0 Å². The number of rotatable bonds is 3. The third kappa shape index (κ3) is 2.81. The van der Waals surface area contributed by atoms with Gasteiger partial charge >= 0.3 is 0 Å². The normalized spacial score (nSPS) is 12.9. The number of aryl methyl sites for hydroxylation is 2. The van der Waals surface area contributed by atoms with Gasteiger partial charge in [-0.15, -0.1) is 0 Å². The van der Waals surface area contributed by atoms with Gasteiger partial charge in [0.1, 0.15) is 0 Å². The molecule has 0 aromatic carbocycles. The molecule has 1 atom stereocenters. The fourth-order valence-electron chi connectivity index (χ4n) is 1.46. The van der Waals surface area contributed by atoms with Gasteiger partial charge in [-0.2, -0.15) is 0 Å². The van der Waals surface area contributed by atoms with Gasteiger partial charge in [0.15, 0.2) is 0 Å². The summed E-state index contributed by atoms with van der Waals surface area (Å²) in [4.78, 5) is 4.30. The smallest absolute Gasteiger partial charge is 0.0959 e. The summed E-state index contributed by atoms with van der Waals surface area (Å²) >= 11 is 0. The molecule has 0 spiro atoms. The van der Waals surface area contributed by atoms with Crippen LogP contribution in [0.25, 0.3) is 0 Å². The number of hydrogen-bond donors (Lipinski definition) is 1. The standard InChI is InChI=1S/C11H17NO/c1-4-5-11(13)10-7-8(2)6-9(3)12-10/h6-7,11,13H,4-5H2,1-3H3/t11-/m1/s1. The van der Waals surface area contributed by atoms with Crippen molar-refractivity contribution in [3.63, 3.8) is 0 Å². The van der Waals surface area contributed by atoms with Gasteiger partial charge in [-0.25, -0.2) is 0 Å². The average molecular weight is 179 g/mol. The average Bonchev–Trinajstić information content (AvgIpc) is 2.03. The van der Waals surface area contributed by atoms with E-state index in [0.29, 0.717) is 0 Å². The van der Waals surface area contributed by atoms with Crippen LogP contribution >= 0.6 is 0 Å². The fourth-order valence-corrected chi connectivity index (χ4v) is 1.46. The molecule has 0 saturated heterocycles. The van der Waals surface area contributed by atoms with Crippen LogP contribution in [0.4, 0.5) is 0 Å². The fraction of sp³-hybridized carbons (Fsp3) is 0.545. The second-order valence-corrected chi connectivity index (χ2v) is 3.52. The van der Waals surface area contributed by atoms with Crippen molar-refractivity contribution >= 4 is 0 Å². The van der Waals surface area contributed by atoms with Crippen LogP contribution in [0, 0.1) is 13.8 Å². The summed E-state index contributed by atoms with van der Waals surface area (Å²) in [5, 5.41) is 9.71. The maximum atomic E-state index is 9.71. The Morgan fingerprint density at radius 1 is 1.38 bits per heavy atom. The zero-order chi connectivity index (χ0) is 9.84. The van der Waals surface area contributed by atoms with Gasteiger partial charge in [-0.3, -0.25) is 4.98 Å². The summed E-state index contributed by atoms with van der Waals surface area (Å²) in [6.45, 7) is 6.04. The SMILES string of the molecule is CCC[C@@H](O)c1cc(C)cc(C)n1. The van der Waals surface area contributed by atoms with Crippen molar-refractivity contribution in [1.29, 1.82) is 0 Å². The molecule has 0 unspecified atom stereocenters. The van der Waals surface area contributed by atoms with Gasteiger partial charge in [0.2, 0.25) is 0 Å². The van der Waals surface area contributed by atoms with Crippen molar-refractivity contribution in [3.05, 3.63) is 29.1 Å². The predicted molar refractivity (Wildman–Crippen MR) is 53.6 cm³/mol. The van der Waals surface area contributed by atoms with E-state index in [9.17, 15) is 5.11 Å². The van der Waals surface area contributed by atoms with Gasteiger partial charge in [-0.1, -0.05) is 13.3 Å². The molecule has 1 rings (SSSR count). The molecule has 0 bridgehead atoms. The minimum absolute atomic E-state index is 0.399. The van der Waals surface area contributed by atoms with Crippen molar-refractivity contribution in [2.45, 2.75) is 39.7 Å². The zero-order valence-corrected chi connectivity index (χ0v) is 8.54. The highest BCUT2D eigenvalue weighted by atomic mass is 16.3. The van der Waals surface area contributed by atoms with Crippen molar-refractivity contribution in [2.75, 3.05) is 0 Å². The second-order valence-electron chi connectivity index (χ2n) is 3.52.